The van der Waals surface area contributed by atoms with Crippen LogP contribution in [0.3, 0.4) is 0 Å². The van der Waals surface area contributed by atoms with Crippen molar-refractivity contribution in [2.24, 2.45) is 5.92 Å². The number of halogens is 2. The van der Waals surface area contributed by atoms with E-state index in [1.54, 1.807) is 18.2 Å². The van der Waals surface area contributed by atoms with Gasteiger partial charge in [0.25, 0.3) is 0 Å². The standard InChI is InChI=1S/C22H20F2N2S/c1-13-8-16(10-14-4-2-6-17(23)11-14)21-19(9-13)20(25-22(27)26-21)15-5-3-7-18(24)12-15/h2-7,10-13,20H,8-9H2,1H3,(H2,25,26,27)/b16-10+/t13-,20+/m1/s1. The summed E-state index contributed by atoms with van der Waals surface area (Å²) in [5, 5.41) is 7.08. The van der Waals surface area contributed by atoms with E-state index in [1.165, 1.54) is 18.2 Å². The summed E-state index contributed by atoms with van der Waals surface area (Å²) in [6.07, 6.45) is 3.78. The highest BCUT2D eigenvalue weighted by Crippen LogP contribution is 2.41. The minimum absolute atomic E-state index is 0.164. The average Bonchev–Trinajstić information content (AvgIpc) is 2.62. The normalized spacial score (nSPS) is 23.7. The van der Waals surface area contributed by atoms with Gasteiger partial charge < -0.3 is 10.6 Å². The van der Waals surface area contributed by atoms with Crippen molar-refractivity contribution in [2.45, 2.75) is 25.8 Å². The first-order chi connectivity index (χ1) is 13.0. The predicted octanol–water partition coefficient (Wildman–Crippen LogP) is 5.25. The Balaban J connectivity index is 1.81. The first kappa shape index (κ1) is 17.9. The van der Waals surface area contributed by atoms with Gasteiger partial charge in [0.1, 0.15) is 11.6 Å². The molecular weight excluding hydrogens is 362 g/mol. The highest BCUT2D eigenvalue weighted by Gasteiger charge is 2.32. The van der Waals surface area contributed by atoms with Crippen LogP contribution in [0.4, 0.5) is 8.78 Å². The Bertz CT molecular complexity index is 964. The average molecular weight is 382 g/mol. The highest BCUT2D eigenvalue weighted by atomic mass is 32.1. The number of hydrogen-bond donors (Lipinski definition) is 2. The van der Waals surface area contributed by atoms with E-state index in [0.717, 1.165) is 40.8 Å². The molecule has 2 N–H and O–H groups in total. The maximum absolute atomic E-state index is 13.8. The van der Waals surface area contributed by atoms with Gasteiger partial charge in [0.2, 0.25) is 0 Å². The largest absolute Gasteiger partial charge is 0.352 e. The highest BCUT2D eigenvalue weighted by molar-refractivity contribution is 7.80. The van der Waals surface area contributed by atoms with Crippen molar-refractivity contribution in [1.29, 1.82) is 0 Å². The number of allylic oxidation sites excluding steroid dienone is 1. The fourth-order valence-electron chi connectivity index (χ4n) is 3.92. The summed E-state index contributed by atoms with van der Waals surface area (Å²) in [5.74, 6) is -0.0935. The van der Waals surface area contributed by atoms with Gasteiger partial charge in [-0.2, -0.15) is 0 Å². The Labute approximate surface area is 163 Å². The van der Waals surface area contributed by atoms with Gasteiger partial charge >= 0.3 is 0 Å². The molecule has 1 aliphatic heterocycles. The summed E-state index contributed by atoms with van der Waals surface area (Å²) in [6, 6.07) is 13.0. The fourth-order valence-corrected chi connectivity index (χ4v) is 4.14. The zero-order valence-electron chi connectivity index (χ0n) is 14.9. The van der Waals surface area contributed by atoms with E-state index in [1.807, 2.05) is 18.2 Å². The molecule has 0 unspecified atom stereocenters. The number of hydrogen-bond acceptors (Lipinski definition) is 1. The van der Waals surface area contributed by atoms with E-state index in [4.69, 9.17) is 12.2 Å². The molecule has 2 aromatic rings. The molecule has 0 fully saturated rings. The Kier molecular flexibility index (Phi) is 4.79. The summed E-state index contributed by atoms with van der Waals surface area (Å²) >= 11 is 5.41. The van der Waals surface area contributed by atoms with Gasteiger partial charge in [0, 0.05) is 5.70 Å². The van der Waals surface area contributed by atoms with Crippen molar-refractivity contribution in [2.75, 3.05) is 0 Å². The topological polar surface area (TPSA) is 24.1 Å². The van der Waals surface area contributed by atoms with Gasteiger partial charge in [-0.15, -0.1) is 0 Å². The molecule has 1 heterocycles. The van der Waals surface area contributed by atoms with Crippen LogP contribution in [-0.4, -0.2) is 5.11 Å². The third kappa shape index (κ3) is 3.78. The van der Waals surface area contributed by atoms with E-state index in [-0.39, 0.29) is 17.7 Å². The Morgan fingerprint density at radius 3 is 2.52 bits per heavy atom. The van der Waals surface area contributed by atoms with Gasteiger partial charge in [-0.3, -0.25) is 0 Å². The third-order valence-corrected chi connectivity index (χ3v) is 5.23. The summed E-state index contributed by atoms with van der Waals surface area (Å²) in [6.45, 7) is 2.19. The number of benzene rings is 2. The van der Waals surface area contributed by atoms with Crippen LogP contribution >= 0.6 is 12.2 Å². The van der Waals surface area contributed by atoms with Gasteiger partial charge in [-0.1, -0.05) is 31.2 Å². The van der Waals surface area contributed by atoms with Crippen molar-refractivity contribution in [1.82, 2.24) is 10.6 Å². The van der Waals surface area contributed by atoms with Crippen LogP contribution in [0.15, 0.2) is 65.4 Å². The molecular formula is C22H20F2N2S. The molecule has 2 aliphatic rings. The van der Waals surface area contributed by atoms with Crippen LogP contribution in [0.1, 0.15) is 36.9 Å². The molecule has 0 saturated heterocycles. The van der Waals surface area contributed by atoms with E-state index >= 15 is 0 Å². The molecule has 0 amide bonds. The zero-order valence-corrected chi connectivity index (χ0v) is 15.7. The first-order valence-electron chi connectivity index (χ1n) is 9.02. The van der Waals surface area contributed by atoms with Crippen LogP contribution in [0, 0.1) is 17.6 Å². The Morgan fingerprint density at radius 2 is 1.78 bits per heavy atom. The molecule has 5 heteroatoms. The lowest BCUT2D eigenvalue weighted by molar-refractivity contribution is 0.499. The third-order valence-electron chi connectivity index (χ3n) is 5.01. The lowest BCUT2D eigenvalue weighted by Crippen LogP contribution is -2.45. The number of rotatable bonds is 2. The quantitative estimate of drug-likeness (QED) is 0.694. The minimum Gasteiger partial charge on any atom is -0.352 e. The summed E-state index contributed by atoms with van der Waals surface area (Å²) in [4.78, 5) is 0. The number of thiocarbonyl (C=S) groups is 1. The van der Waals surface area contributed by atoms with E-state index < -0.39 is 0 Å². The molecule has 0 aromatic heterocycles. The van der Waals surface area contributed by atoms with Crippen molar-refractivity contribution >= 4 is 23.4 Å². The molecule has 2 aromatic carbocycles. The van der Waals surface area contributed by atoms with Crippen molar-refractivity contribution in [3.8, 4) is 0 Å². The molecule has 0 bridgehead atoms. The second-order valence-electron chi connectivity index (χ2n) is 7.22. The van der Waals surface area contributed by atoms with Gasteiger partial charge in [0.05, 0.1) is 6.04 Å². The monoisotopic (exact) mass is 382 g/mol. The maximum Gasteiger partial charge on any atom is 0.171 e. The van der Waals surface area contributed by atoms with Gasteiger partial charge in [-0.25, -0.2) is 8.78 Å². The van der Waals surface area contributed by atoms with Crippen LogP contribution < -0.4 is 10.6 Å². The van der Waals surface area contributed by atoms with Crippen LogP contribution in [0.25, 0.3) is 6.08 Å². The summed E-state index contributed by atoms with van der Waals surface area (Å²) < 4.78 is 27.4. The Hall–Kier alpha value is -2.53. The SMILES string of the molecule is C[C@H]1CC2=C(NC(=S)N[C@H]2c2cccc(F)c2)/C(=C/c2cccc(F)c2)C1. The summed E-state index contributed by atoms with van der Waals surface area (Å²) in [7, 11) is 0. The molecule has 2 nitrogen and oxygen atoms in total. The molecule has 27 heavy (non-hydrogen) atoms. The second-order valence-corrected chi connectivity index (χ2v) is 7.63. The molecule has 0 saturated carbocycles. The lowest BCUT2D eigenvalue weighted by atomic mass is 9.78. The summed E-state index contributed by atoms with van der Waals surface area (Å²) in [5.41, 5.74) is 4.91. The molecule has 1 aliphatic carbocycles. The van der Waals surface area contributed by atoms with Crippen molar-refractivity contribution < 1.29 is 8.78 Å². The van der Waals surface area contributed by atoms with Crippen LogP contribution in [0.2, 0.25) is 0 Å². The molecule has 4 rings (SSSR count). The predicted molar refractivity (Wildman–Crippen MR) is 108 cm³/mol. The lowest BCUT2D eigenvalue weighted by Gasteiger charge is -2.38. The maximum atomic E-state index is 13.8. The van der Waals surface area contributed by atoms with Gasteiger partial charge in [-0.05, 0) is 83.6 Å². The smallest absolute Gasteiger partial charge is 0.171 e. The minimum atomic E-state index is -0.264. The molecule has 138 valence electrons. The van der Waals surface area contributed by atoms with Gasteiger partial charge in [0.15, 0.2) is 5.11 Å². The van der Waals surface area contributed by atoms with E-state index in [2.05, 4.69) is 17.6 Å². The van der Waals surface area contributed by atoms with Crippen LogP contribution in [0.5, 0.6) is 0 Å². The molecule has 2 atom stereocenters. The van der Waals surface area contributed by atoms with E-state index in [9.17, 15) is 8.78 Å². The Morgan fingerprint density at radius 1 is 1.04 bits per heavy atom. The van der Waals surface area contributed by atoms with Crippen molar-refractivity contribution in [3.63, 3.8) is 0 Å². The van der Waals surface area contributed by atoms with E-state index in [0.29, 0.717) is 11.0 Å². The molecule has 0 radical (unpaired) electrons. The zero-order chi connectivity index (χ0) is 19.0. The molecule has 0 spiro atoms. The van der Waals surface area contributed by atoms with Crippen LogP contribution in [-0.2, 0) is 0 Å². The first-order valence-corrected chi connectivity index (χ1v) is 9.43. The number of nitrogens with one attached hydrogen (secondary N) is 2. The van der Waals surface area contributed by atoms with Crippen molar-refractivity contribution in [3.05, 3.63) is 88.1 Å². The fraction of sp³-hybridized carbons (Fsp3) is 0.227. The second kappa shape index (κ2) is 7.24.